The molecule has 0 radical (unpaired) electrons. The van der Waals surface area contributed by atoms with Gasteiger partial charge in [-0.25, -0.2) is 0 Å². The van der Waals surface area contributed by atoms with Crippen molar-refractivity contribution in [1.29, 1.82) is 0 Å². The van der Waals surface area contributed by atoms with E-state index in [4.69, 9.17) is 5.11 Å². The van der Waals surface area contributed by atoms with Crippen molar-refractivity contribution in [2.45, 2.75) is 17.5 Å². The molecule has 0 saturated heterocycles. The fourth-order valence-corrected chi connectivity index (χ4v) is 2.58. The van der Waals surface area contributed by atoms with Gasteiger partial charge in [0.25, 0.3) is 0 Å². The summed E-state index contributed by atoms with van der Waals surface area (Å²) in [7, 11) is 0. The molecule has 1 aromatic carbocycles. The number of thioether (sulfide) groups is 1. The van der Waals surface area contributed by atoms with E-state index in [0.717, 1.165) is 10.5 Å². The van der Waals surface area contributed by atoms with Crippen LogP contribution >= 0.6 is 11.8 Å². The first-order valence-electron chi connectivity index (χ1n) is 4.57. The Bertz CT molecular complexity index is 394. The van der Waals surface area contributed by atoms with Gasteiger partial charge in [-0.3, -0.25) is 10.1 Å². The highest BCUT2D eigenvalue weighted by Gasteiger charge is 2.21. The first-order chi connectivity index (χ1) is 7.16. The van der Waals surface area contributed by atoms with E-state index in [1.807, 2.05) is 6.07 Å². The molecular formula is C10H11NO3S. The summed E-state index contributed by atoms with van der Waals surface area (Å²) in [5, 5.41) is 21.1. The van der Waals surface area contributed by atoms with Gasteiger partial charge in [0.1, 0.15) is 11.8 Å². The number of nitrogens with one attached hydrogen (secondary N) is 1. The number of hydrogen-bond acceptors (Lipinski definition) is 4. The van der Waals surface area contributed by atoms with E-state index in [0.29, 0.717) is 12.3 Å². The van der Waals surface area contributed by atoms with Crippen molar-refractivity contribution in [3.8, 4) is 5.75 Å². The standard InChI is InChI=1S/C10H11NO3S/c12-7-2-1-6-4-11-8(10(13)14)5-15-9(6)3-7/h1-3,8,11-12H,4-5H2,(H,13,14)/t8-/m0/s1. The average Bonchev–Trinajstić information content (AvgIpc) is 2.39. The summed E-state index contributed by atoms with van der Waals surface area (Å²) in [6.07, 6.45) is 0. The summed E-state index contributed by atoms with van der Waals surface area (Å²) in [6, 6.07) is 4.58. The van der Waals surface area contributed by atoms with E-state index < -0.39 is 12.0 Å². The molecule has 0 unspecified atom stereocenters. The second kappa shape index (κ2) is 4.12. The van der Waals surface area contributed by atoms with E-state index in [9.17, 15) is 9.90 Å². The molecule has 0 amide bonds. The number of carboxylic acids is 1. The van der Waals surface area contributed by atoms with Gasteiger partial charge in [-0.15, -0.1) is 11.8 Å². The van der Waals surface area contributed by atoms with Gasteiger partial charge >= 0.3 is 5.97 Å². The summed E-state index contributed by atoms with van der Waals surface area (Å²) in [5.74, 6) is -0.138. The Morgan fingerprint density at radius 2 is 2.33 bits per heavy atom. The highest BCUT2D eigenvalue weighted by atomic mass is 32.2. The van der Waals surface area contributed by atoms with Crippen molar-refractivity contribution in [1.82, 2.24) is 5.32 Å². The molecule has 0 spiro atoms. The van der Waals surface area contributed by atoms with Gasteiger partial charge in [0.2, 0.25) is 0 Å². The number of benzene rings is 1. The second-order valence-corrected chi connectivity index (χ2v) is 4.44. The zero-order chi connectivity index (χ0) is 10.8. The van der Waals surface area contributed by atoms with E-state index in [1.165, 1.54) is 11.8 Å². The number of phenols is 1. The van der Waals surface area contributed by atoms with Gasteiger partial charge in [0.05, 0.1) is 0 Å². The molecular weight excluding hydrogens is 214 g/mol. The molecule has 1 aliphatic heterocycles. The number of rotatable bonds is 1. The molecule has 1 heterocycles. The molecule has 80 valence electrons. The van der Waals surface area contributed by atoms with Crippen molar-refractivity contribution in [3.63, 3.8) is 0 Å². The fourth-order valence-electron chi connectivity index (χ4n) is 1.45. The number of aliphatic carboxylic acids is 1. The van der Waals surface area contributed by atoms with E-state index in [1.54, 1.807) is 12.1 Å². The molecule has 3 N–H and O–H groups in total. The summed E-state index contributed by atoms with van der Waals surface area (Å²) >= 11 is 1.46. The number of fused-ring (bicyclic) bond motifs is 1. The van der Waals surface area contributed by atoms with Crippen molar-refractivity contribution in [2.75, 3.05) is 5.75 Å². The van der Waals surface area contributed by atoms with Gasteiger partial charge in [0.15, 0.2) is 0 Å². The van der Waals surface area contributed by atoms with Crippen LogP contribution in [-0.4, -0.2) is 28.0 Å². The summed E-state index contributed by atoms with van der Waals surface area (Å²) in [5.41, 5.74) is 1.03. The average molecular weight is 225 g/mol. The van der Waals surface area contributed by atoms with E-state index >= 15 is 0 Å². The minimum Gasteiger partial charge on any atom is -0.508 e. The third kappa shape index (κ3) is 2.24. The number of phenolic OH excluding ortho intramolecular Hbond substituents is 1. The van der Waals surface area contributed by atoms with Crippen LogP contribution in [0.1, 0.15) is 5.56 Å². The van der Waals surface area contributed by atoms with Crippen molar-refractivity contribution >= 4 is 17.7 Å². The first-order valence-corrected chi connectivity index (χ1v) is 5.56. The Labute approximate surface area is 91.3 Å². The Morgan fingerprint density at radius 1 is 1.53 bits per heavy atom. The number of carboxylic acid groups (broad SMARTS) is 1. The maximum Gasteiger partial charge on any atom is 0.321 e. The fraction of sp³-hybridized carbons (Fsp3) is 0.300. The lowest BCUT2D eigenvalue weighted by atomic mass is 10.2. The highest BCUT2D eigenvalue weighted by Crippen LogP contribution is 2.29. The third-order valence-electron chi connectivity index (χ3n) is 2.29. The third-order valence-corrected chi connectivity index (χ3v) is 3.48. The maximum absolute atomic E-state index is 10.8. The molecule has 0 aromatic heterocycles. The minimum absolute atomic E-state index is 0.218. The van der Waals surface area contributed by atoms with Crippen molar-refractivity contribution in [3.05, 3.63) is 23.8 Å². The van der Waals surface area contributed by atoms with Gasteiger partial charge < -0.3 is 10.2 Å². The van der Waals surface area contributed by atoms with Crippen LogP contribution in [0.3, 0.4) is 0 Å². The van der Waals surface area contributed by atoms with Gasteiger partial charge in [0, 0.05) is 17.2 Å². The van der Waals surface area contributed by atoms with Crippen LogP contribution in [0.15, 0.2) is 23.1 Å². The zero-order valence-electron chi connectivity index (χ0n) is 7.93. The first kappa shape index (κ1) is 10.3. The molecule has 0 aliphatic carbocycles. The molecule has 5 heteroatoms. The van der Waals surface area contributed by atoms with Crippen LogP contribution in [-0.2, 0) is 11.3 Å². The molecule has 0 bridgehead atoms. The minimum atomic E-state index is -0.834. The highest BCUT2D eigenvalue weighted by molar-refractivity contribution is 7.99. The van der Waals surface area contributed by atoms with Crippen LogP contribution in [0.4, 0.5) is 0 Å². The molecule has 1 atom stereocenters. The van der Waals surface area contributed by atoms with Crippen LogP contribution in [0.25, 0.3) is 0 Å². The Morgan fingerprint density at radius 3 is 3.07 bits per heavy atom. The molecule has 1 aliphatic rings. The Hall–Kier alpha value is -1.20. The van der Waals surface area contributed by atoms with Gasteiger partial charge in [-0.1, -0.05) is 6.07 Å². The molecule has 1 aromatic rings. The monoisotopic (exact) mass is 225 g/mol. The van der Waals surface area contributed by atoms with E-state index in [2.05, 4.69) is 5.32 Å². The summed E-state index contributed by atoms with van der Waals surface area (Å²) < 4.78 is 0. The summed E-state index contributed by atoms with van der Waals surface area (Å²) in [4.78, 5) is 11.8. The van der Waals surface area contributed by atoms with Crippen LogP contribution < -0.4 is 5.32 Å². The van der Waals surface area contributed by atoms with Crippen LogP contribution in [0.5, 0.6) is 5.75 Å². The predicted octanol–water partition coefficient (Wildman–Crippen LogP) is 1.04. The van der Waals surface area contributed by atoms with Crippen LogP contribution in [0.2, 0.25) is 0 Å². The van der Waals surface area contributed by atoms with E-state index in [-0.39, 0.29) is 5.75 Å². The normalized spacial score (nSPS) is 20.4. The SMILES string of the molecule is O=C(O)[C@@H]1CSc2cc(O)ccc2CN1. The van der Waals surface area contributed by atoms with Gasteiger partial charge in [-0.2, -0.15) is 0 Å². The van der Waals surface area contributed by atoms with Crippen molar-refractivity contribution < 1.29 is 15.0 Å². The molecule has 0 saturated carbocycles. The Kier molecular flexibility index (Phi) is 2.83. The summed E-state index contributed by atoms with van der Waals surface area (Å²) in [6.45, 7) is 0.527. The predicted molar refractivity (Wildman–Crippen MR) is 57.1 cm³/mol. The Balaban J connectivity index is 2.21. The lowest BCUT2D eigenvalue weighted by Crippen LogP contribution is -2.37. The zero-order valence-corrected chi connectivity index (χ0v) is 8.75. The smallest absolute Gasteiger partial charge is 0.321 e. The van der Waals surface area contributed by atoms with Crippen LogP contribution in [0, 0.1) is 0 Å². The largest absolute Gasteiger partial charge is 0.508 e. The lowest BCUT2D eigenvalue weighted by Gasteiger charge is -2.08. The lowest BCUT2D eigenvalue weighted by molar-refractivity contribution is -0.138. The molecule has 2 rings (SSSR count). The number of aromatic hydroxyl groups is 1. The molecule has 0 fully saturated rings. The topological polar surface area (TPSA) is 69.6 Å². The quantitative estimate of drug-likeness (QED) is 0.666. The number of hydrogen-bond donors (Lipinski definition) is 3. The number of carbonyl (C=O) groups is 1. The van der Waals surface area contributed by atoms with Crippen molar-refractivity contribution in [2.24, 2.45) is 0 Å². The maximum atomic E-state index is 10.8. The second-order valence-electron chi connectivity index (χ2n) is 3.37. The molecule has 4 nitrogen and oxygen atoms in total. The molecule has 15 heavy (non-hydrogen) atoms. The van der Waals surface area contributed by atoms with Gasteiger partial charge in [-0.05, 0) is 17.7 Å².